The number of carbonyl (C=O) groups excluding carboxylic acids is 2. The van der Waals surface area contributed by atoms with E-state index in [9.17, 15) is 9.59 Å². The summed E-state index contributed by atoms with van der Waals surface area (Å²) in [5.41, 5.74) is 2.92. The van der Waals surface area contributed by atoms with Crippen LogP contribution in [0.1, 0.15) is 32.1 Å². The molecular formula is C21H26N2O2S2. The van der Waals surface area contributed by atoms with Crippen molar-refractivity contribution in [1.29, 1.82) is 0 Å². The number of carbonyl (C=O) groups is 2. The molecule has 2 unspecified atom stereocenters. The molecule has 144 valence electrons. The maximum atomic E-state index is 13.1. The Kier molecular flexibility index (Phi) is 5.95. The zero-order valence-corrected chi connectivity index (χ0v) is 17.1. The molecular weight excluding hydrogens is 376 g/mol. The van der Waals surface area contributed by atoms with Crippen molar-refractivity contribution in [2.75, 3.05) is 24.7 Å². The molecule has 2 aliphatic heterocycles. The minimum absolute atomic E-state index is 0.0459. The highest BCUT2D eigenvalue weighted by Gasteiger charge is 2.43. The summed E-state index contributed by atoms with van der Waals surface area (Å²) in [6, 6.07) is -0.455. The number of nitrogens with zero attached hydrogens (tertiary/aromatic N) is 1. The Balaban J connectivity index is 1.41. The third-order valence-electron chi connectivity index (χ3n) is 6.07. The second kappa shape index (κ2) is 8.41. The predicted octanol–water partition coefficient (Wildman–Crippen LogP) is 3.05. The molecule has 4 nitrogen and oxygen atoms in total. The number of nitrogens with one attached hydrogen (secondary N) is 1. The number of thioether (sulfide) groups is 1. The van der Waals surface area contributed by atoms with Crippen LogP contribution in [0.5, 0.6) is 0 Å². The van der Waals surface area contributed by atoms with Crippen LogP contribution in [0.3, 0.4) is 0 Å². The SMILES string of the molecule is O=C(CC1CCC2=C(C=CC=CC2)C1)C1C(=S)CN[C@@H]1C(=O)N1CCSC1. The van der Waals surface area contributed by atoms with Gasteiger partial charge in [0.15, 0.2) is 0 Å². The molecule has 3 atom stereocenters. The number of rotatable bonds is 4. The van der Waals surface area contributed by atoms with Gasteiger partial charge in [0.05, 0.1) is 11.8 Å². The highest BCUT2D eigenvalue weighted by molar-refractivity contribution is 7.99. The van der Waals surface area contributed by atoms with E-state index in [1.807, 2.05) is 4.90 Å². The molecule has 0 saturated carbocycles. The quantitative estimate of drug-likeness (QED) is 0.733. The number of Topliss-reactive ketones (excluding diaryl/α,β-unsaturated/α-hetero) is 1. The minimum Gasteiger partial charge on any atom is -0.331 e. The van der Waals surface area contributed by atoms with Gasteiger partial charge in [-0.05, 0) is 37.2 Å². The van der Waals surface area contributed by atoms with E-state index in [1.54, 1.807) is 11.8 Å². The average Bonchev–Trinajstić information content (AvgIpc) is 3.26. The van der Waals surface area contributed by atoms with Crippen molar-refractivity contribution in [3.63, 3.8) is 0 Å². The summed E-state index contributed by atoms with van der Waals surface area (Å²) in [5.74, 6) is 1.83. The van der Waals surface area contributed by atoms with Gasteiger partial charge in [0.1, 0.15) is 11.8 Å². The van der Waals surface area contributed by atoms with Crippen LogP contribution in [0.25, 0.3) is 0 Å². The first kappa shape index (κ1) is 19.1. The van der Waals surface area contributed by atoms with Crippen molar-refractivity contribution in [2.24, 2.45) is 11.8 Å². The number of hydrogen-bond acceptors (Lipinski definition) is 5. The number of thiocarbonyl (C=S) groups is 1. The summed E-state index contributed by atoms with van der Waals surface area (Å²) in [6.45, 7) is 1.27. The van der Waals surface area contributed by atoms with Gasteiger partial charge in [-0.15, -0.1) is 11.8 Å². The van der Waals surface area contributed by atoms with Crippen molar-refractivity contribution in [3.8, 4) is 0 Å². The molecule has 0 bridgehead atoms. The third-order valence-corrected chi connectivity index (χ3v) is 7.43. The molecule has 4 rings (SSSR count). The Morgan fingerprint density at radius 3 is 3.04 bits per heavy atom. The summed E-state index contributed by atoms with van der Waals surface area (Å²) in [7, 11) is 0. The maximum absolute atomic E-state index is 13.1. The predicted molar refractivity (Wildman–Crippen MR) is 114 cm³/mol. The van der Waals surface area contributed by atoms with Gasteiger partial charge in [-0.25, -0.2) is 0 Å². The van der Waals surface area contributed by atoms with E-state index in [0.717, 1.165) is 43.9 Å². The van der Waals surface area contributed by atoms with Crippen LogP contribution in [0.4, 0.5) is 0 Å². The highest BCUT2D eigenvalue weighted by atomic mass is 32.2. The lowest BCUT2D eigenvalue weighted by atomic mass is 9.78. The van der Waals surface area contributed by atoms with Crippen LogP contribution >= 0.6 is 24.0 Å². The van der Waals surface area contributed by atoms with E-state index < -0.39 is 12.0 Å². The molecule has 0 aromatic heterocycles. The van der Waals surface area contributed by atoms with Crippen molar-refractivity contribution in [1.82, 2.24) is 10.2 Å². The van der Waals surface area contributed by atoms with Gasteiger partial charge in [0, 0.05) is 30.1 Å². The average molecular weight is 403 g/mol. The van der Waals surface area contributed by atoms with Crippen molar-refractivity contribution >= 4 is 40.5 Å². The van der Waals surface area contributed by atoms with Gasteiger partial charge in [0.25, 0.3) is 0 Å². The zero-order valence-electron chi connectivity index (χ0n) is 15.5. The lowest BCUT2D eigenvalue weighted by Gasteiger charge is -2.27. The summed E-state index contributed by atoms with van der Waals surface area (Å²) >= 11 is 7.24. The fourth-order valence-corrected chi connectivity index (χ4v) is 5.87. The molecule has 2 fully saturated rings. The Morgan fingerprint density at radius 2 is 2.22 bits per heavy atom. The molecule has 0 radical (unpaired) electrons. The second-order valence-corrected chi connectivity index (χ2v) is 9.44. The molecule has 2 aliphatic carbocycles. The van der Waals surface area contributed by atoms with Gasteiger partial charge in [-0.3, -0.25) is 9.59 Å². The molecule has 0 aromatic rings. The standard InChI is InChI=1S/C21H26N2O2S2/c24-17(11-14-6-7-15-4-2-1-3-5-16(15)10-14)19-18(26)12-22-20(19)21(25)23-8-9-27-13-23/h1-3,5,14,19-20,22H,4,6-13H2/t14?,19?,20-/m0/s1. The molecule has 6 heteroatoms. The molecule has 2 saturated heterocycles. The van der Waals surface area contributed by atoms with Crippen molar-refractivity contribution in [3.05, 3.63) is 35.5 Å². The molecule has 1 amide bonds. The first-order valence-electron chi connectivity index (χ1n) is 9.83. The van der Waals surface area contributed by atoms with Crippen LogP contribution in [-0.2, 0) is 9.59 Å². The van der Waals surface area contributed by atoms with Gasteiger partial charge in [-0.1, -0.05) is 42.1 Å². The molecule has 1 N–H and O–H groups in total. The van der Waals surface area contributed by atoms with E-state index in [2.05, 4.69) is 29.6 Å². The summed E-state index contributed by atoms with van der Waals surface area (Å²) in [6.07, 6.45) is 13.3. The van der Waals surface area contributed by atoms with Crippen LogP contribution < -0.4 is 5.32 Å². The monoisotopic (exact) mass is 402 g/mol. The van der Waals surface area contributed by atoms with Crippen LogP contribution in [0.2, 0.25) is 0 Å². The Labute approximate surface area is 170 Å². The normalized spacial score (nSPS) is 30.6. The smallest absolute Gasteiger partial charge is 0.241 e. The van der Waals surface area contributed by atoms with Crippen LogP contribution in [-0.4, -0.2) is 52.2 Å². The second-order valence-electron chi connectivity index (χ2n) is 7.84. The molecule has 27 heavy (non-hydrogen) atoms. The Hall–Kier alpha value is -1.24. The highest BCUT2D eigenvalue weighted by Crippen LogP contribution is 2.36. The van der Waals surface area contributed by atoms with E-state index in [1.165, 1.54) is 11.1 Å². The molecule has 4 aliphatic rings. The lowest BCUT2D eigenvalue weighted by molar-refractivity contribution is -0.135. The minimum atomic E-state index is -0.455. The largest absolute Gasteiger partial charge is 0.331 e. The summed E-state index contributed by atoms with van der Waals surface area (Å²) in [5, 5.41) is 3.21. The summed E-state index contributed by atoms with van der Waals surface area (Å²) in [4.78, 5) is 28.5. The van der Waals surface area contributed by atoms with Crippen LogP contribution in [0.15, 0.2) is 35.5 Å². The number of amides is 1. The van der Waals surface area contributed by atoms with Gasteiger partial charge < -0.3 is 10.2 Å². The number of ketones is 1. The van der Waals surface area contributed by atoms with Crippen molar-refractivity contribution < 1.29 is 9.59 Å². The molecule has 0 spiro atoms. The molecule has 0 aromatic carbocycles. The first-order chi connectivity index (χ1) is 13.1. The van der Waals surface area contributed by atoms with E-state index in [-0.39, 0.29) is 11.7 Å². The van der Waals surface area contributed by atoms with Gasteiger partial charge >= 0.3 is 0 Å². The Bertz CT molecular complexity index is 734. The molecule has 2 heterocycles. The summed E-state index contributed by atoms with van der Waals surface area (Å²) < 4.78 is 0. The third kappa shape index (κ3) is 4.13. The zero-order chi connectivity index (χ0) is 18.8. The van der Waals surface area contributed by atoms with Crippen LogP contribution in [0, 0.1) is 11.8 Å². The number of allylic oxidation sites excluding steroid dienone is 6. The lowest BCUT2D eigenvalue weighted by Crippen LogP contribution is -2.47. The van der Waals surface area contributed by atoms with E-state index in [4.69, 9.17) is 12.2 Å². The Morgan fingerprint density at radius 1 is 1.33 bits per heavy atom. The first-order valence-corrected chi connectivity index (χ1v) is 11.4. The van der Waals surface area contributed by atoms with Crippen molar-refractivity contribution in [2.45, 2.75) is 38.1 Å². The topological polar surface area (TPSA) is 49.4 Å². The van der Waals surface area contributed by atoms with E-state index >= 15 is 0 Å². The number of hydrogen-bond donors (Lipinski definition) is 1. The van der Waals surface area contributed by atoms with Gasteiger partial charge in [0.2, 0.25) is 5.91 Å². The fourth-order valence-electron chi connectivity index (χ4n) is 4.57. The van der Waals surface area contributed by atoms with E-state index in [0.29, 0.717) is 23.7 Å². The maximum Gasteiger partial charge on any atom is 0.241 e. The fraction of sp³-hybridized carbons (Fsp3) is 0.571. The van der Waals surface area contributed by atoms with Gasteiger partial charge in [-0.2, -0.15) is 0 Å².